The van der Waals surface area contributed by atoms with E-state index < -0.39 is 6.10 Å². The van der Waals surface area contributed by atoms with Crippen molar-refractivity contribution < 1.29 is 9.52 Å². The molecule has 2 rings (SSSR count). The summed E-state index contributed by atoms with van der Waals surface area (Å²) in [5, 5.41) is 17.3. The monoisotopic (exact) mass is 224 g/mol. The summed E-state index contributed by atoms with van der Waals surface area (Å²) in [4.78, 5) is 0. The fraction of sp³-hybridized carbons (Fsp3) is 0.200. The number of hydrogen-bond acceptors (Lipinski definition) is 4. The Balaban J connectivity index is 2.37. The van der Waals surface area contributed by atoms with Crippen LogP contribution < -0.4 is 0 Å². The first kappa shape index (κ1) is 10.1. The zero-order valence-electron chi connectivity index (χ0n) is 8.01. The van der Waals surface area contributed by atoms with E-state index >= 15 is 0 Å². The van der Waals surface area contributed by atoms with Crippen molar-refractivity contribution in [1.29, 1.82) is 0 Å². The van der Waals surface area contributed by atoms with Gasteiger partial charge < -0.3 is 9.52 Å². The maximum atomic E-state index is 9.22. The van der Waals surface area contributed by atoms with E-state index in [1.165, 1.54) is 0 Å². The SMILES string of the molecule is CC(O)c1nnc(-c2cccc(Cl)c2)o1. The summed E-state index contributed by atoms with van der Waals surface area (Å²) in [6.07, 6.45) is -0.759. The lowest BCUT2D eigenvalue weighted by Crippen LogP contribution is -1.89. The molecular formula is C10H9ClN2O2. The Labute approximate surface area is 91.5 Å². The van der Waals surface area contributed by atoms with E-state index in [-0.39, 0.29) is 5.89 Å². The van der Waals surface area contributed by atoms with Crippen LogP contribution in [0.25, 0.3) is 11.5 Å². The second-order valence-electron chi connectivity index (χ2n) is 3.13. The largest absolute Gasteiger partial charge is 0.418 e. The Morgan fingerprint density at radius 3 is 2.80 bits per heavy atom. The fourth-order valence-corrected chi connectivity index (χ4v) is 1.33. The molecule has 0 aliphatic rings. The second kappa shape index (κ2) is 4.00. The van der Waals surface area contributed by atoms with Crippen molar-refractivity contribution in [1.82, 2.24) is 10.2 Å². The zero-order valence-corrected chi connectivity index (χ0v) is 8.77. The molecule has 0 amide bonds. The molecule has 1 aromatic heterocycles. The highest BCUT2D eigenvalue weighted by atomic mass is 35.5. The second-order valence-corrected chi connectivity index (χ2v) is 3.57. The lowest BCUT2D eigenvalue weighted by atomic mass is 10.2. The van der Waals surface area contributed by atoms with Crippen LogP contribution in [-0.4, -0.2) is 15.3 Å². The highest BCUT2D eigenvalue weighted by molar-refractivity contribution is 6.30. The number of halogens is 1. The average Bonchev–Trinajstić information content (AvgIpc) is 2.66. The third-order valence-electron chi connectivity index (χ3n) is 1.87. The molecule has 0 saturated heterocycles. The number of hydrogen-bond donors (Lipinski definition) is 1. The molecule has 0 saturated carbocycles. The first-order valence-electron chi connectivity index (χ1n) is 4.44. The Morgan fingerprint density at radius 1 is 1.40 bits per heavy atom. The van der Waals surface area contributed by atoms with Gasteiger partial charge in [0.15, 0.2) is 0 Å². The van der Waals surface area contributed by atoms with Gasteiger partial charge in [-0.1, -0.05) is 17.7 Å². The number of aliphatic hydroxyl groups is 1. The minimum Gasteiger partial charge on any atom is -0.418 e. The van der Waals surface area contributed by atoms with E-state index in [1.807, 2.05) is 6.07 Å². The summed E-state index contributed by atoms with van der Waals surface area (Å²) in [6.45, 7) is 1.56. The van der Waals surface area contributed by atoms with Crippen molar-refractivity contribution in [2.45, 2.75) is 13.0 Å². The van der Waals surface area contributed by atoms with Crippen LogP contribution in [0.5, 0.6) is 0 Å². The predicted molar refractivity (Wildman–Crippen MR) is 55.4 cm³/mol. The quantitative estimate of drug-likeness (QED) is 0.851. The molecular weight excluding hydrogens is 216 g/mol. The molecule has 1 N–H and O–H groups in total. The van der Waals surface area contributed by atoms with Crippen molar-refractivity contribution >= 4 is 11.6 Å². The molecule has 2 aromatic rings. The van der Waals surface area contributed by atoms with Crippen LogP contribution in [0.3, 0.4) is 0 Å². The first-order chi connectivity index (χ1) is 7.16. The standard InChI is InChI=1S/C10H9ClN2O2/c1-6(14)9-12-13-10(15-9)7-3-2-4-8(11)5-7/h2-6,14H,1H3. The third kappa shape index (κ3) is 2.16. The predicted octanol–water partition coefficient (Wildman–Crippen LogP) is 2.44. The van der Waals surface area contributed by atoms with E-state index in [2.05, 4.69) is 10.2 Å². The highest BCUT2D eigenvalue weighted by Crippen LogP contribution is 2.22. The molecule has 0 bridgehead atoms. The van der Waals surface area contributed by atoms with E-state index in [0.29, 0.717) is 10.9 Å². The van der Waals surface area contributed by atoms with Crippen LogP contribution in [0.2, 0.25) is 5.02 Å². The van der Waals surface area contributed by atoms with E-state index in [0.717, 1.165) is 5.56 Å². The molecule has 1 atom stereocenters. The number of aromatic nitrogens is 2. The van der Waals surface area contributed by atoms with Crippen LogP contribution in [0.15, 0.2) is 28.7 Å². The highest BCUT2D eigenvalue weighted by Gasteiger charge is 2.12. The maximum absolute atomic E-state index is 9.22. The number of nitrogens with zero attached hydrogens (tertiary/aromatic N) is 2. The molecule has 1 heterocycles. The fourth-order valence-electron chi connectivity index (χ4n) is 1.14. The Hall–Kier alpha value is -1.39. The molecule has 1 unspecified atom stereocenters. The summed E-state index contributed by atoms with van der Waals surface area (Å²) in [5.41, 5.74) is 0.738. The van der Waals surface area contributed by atoms with Crippen molar-refractivity contribution in [3.8, 4) is 11.5 Å². The van der Waals surface area contributed by atoms with E-state index in [1.54, 1.807) is 25.1 Å². The first-order valence-corrected chi connectivity index (χ1v) is 4.82. The molecule has 4 nitrogen and oxygen atoms in total. The van der Waals surface area contributed by atoms with Crippen molar-refractivity contribution in [2.75, 3.05) is 0 Å². The van der Waals surface area contributed by atoms with Gasteiger partial charge in [0, 0.05) is 10.6 Å². The normalized spacial score (nSPS) is 12.7. The summed E-state index contributed by atoms with van der Waals surface area (Å²) in [6, 6.07) is 7.09. The third-order valence-corrected chi connectivity index (χ3v) is 2.10. The van der Waals surface area contributed by atoms with Gasteiger partial charge in [-0.05, 0) is 25.1 Å². The number of rotatable bonds is 2. The summed E-state index contributed by atoms with van der Waals surface area (Å²) >= 11 is 5.82. The van der Waals surface area contributed by atoms with Crippen LogP contribution in [0.4, 0.5) is 0 Å². The van der Waals surface area contributed by atoms with Crippen molar-refractivity contribution in [3.63, 3.8) is 0 Å². The zero-order chi connectivity index (χ0) is 10.8. The molecule has 0 aliphatic heterocycles. The van der Waals surface area contributed by atoms with Gasteiger partial charge in [-0.25, -0.2) is 0 Å². The van der Waals surface area contributed by atoms with Crippen LogP contribution >= 0.6 is 11.6 Å². The molecule has 78 valence electrons. The molecule has 0 fully saturated rings. The lowest BCUT2D eigenvalue weighted by molar-refractivity contribution is 0.163. The smallest absolute Gasteiger partial charge is 0.247 e. The maximum Gasteiger partial charge on any atom is 0.247 e. The average molecular weight is 225 g/mol. The van der Waals surface area contributed by atoms with Gasteiger partial charge in [-0.2, -0.15) is 0 Å². The Kier molecular flexibility index (Phi) is 2.70. The van der Waals surface area contributed by atoms with Gasteiger partial charge in [-0.3, -0.25) is 0 Å². The molecule has 15 heavy (non-hydrogen) atoms. The minimum absolute atomic E-state index is 0.199. The topological polar surface area (TPSA) is 59.2 Å². The van der Waals surface area contributed by atoms with Crippen molar-refractivity contribution in [3.05, 3.63) is 35.2 Å². The Bertz CT molecular complexity index is 468. The van der Waals surface area contributed by atoms with Gasteiger partial charge in [0.2, 0.25) is 11.8 Å². The lowest BCUT2D eigenvalue weighted by Gasteiger charge is -1.96. The summed E-state index contributed by atoms with van der Waals surface area (Å²) < 4.78 is 5.26. The van der Waals surface area contributed by atoms with E-state index in [9.17, 15) is 5.11 Å². The van der Waals surface area contributed by atoms with Crippen LogP contribution in [-0.2, 0) is 0 Å². The van der Waals surface area contributed by atoms with Gasteiger partial charge in [-0.15, -0.1) is 10.2 Å². The van der Waals surface area contributed by atoms with Gasteiger partial charge in [0.1, 0.15) is 6.10 Å². The van der Waals surface area contributed by atoms with Crippen molar-refractivity contribution in [2.24, 2.45) is 0 Å². The molecule has 1 aromatic carbocycles. The summed E-state index contributed by atoms with van der Waals surface area (Å²) in [7, 11) is 0. The molecule has 0 spiro atoms. The van der Waals surface area contributed by atoms with Gasteiger partial charge >= 0.3 is 0 Å². The Morgan fingerprint density at radius 2 is 2.20 bits per heavy atom. The number of aliphatic hydroxyl groups excluding tert-OH is 1. The summed E-state index contributed by atoms with van der Waals surface area (Å²) in [5.74, 6) is 0.554. The number of benzene rings is 1. The molecule has 5 heteroatoms. The van der Waals surface area contributed by atoms with Crippen LogP contribution in [0, 0.1) is 0 Å². The minimum atomic E-state index is -0.759. The van der Waals surface area contributed by atoms with Crippen LogP contribution in [0.1, 0.15) is 18.9 Å². The molecule has 0 radical (unpaired) electrons. The molecule has 0 aliphatic carbocycles. The van der Waals surface area contributed by atoms with E-state index in [4.69, 9.17) is 16.0 Å². The van der Waals surface area contributed by atoms with Gasteiger partial charge in [0.25, 0.3) is 0 Å². The van der Waals surface area contributed by atoms with Gasteiger partial charge in [0.05, 0.1) is 0 Å².